The molecule has 0 aliphatic rings. The maximum Gasteiger partial charge on any atom is 0.227 e. The van der Waals surface area contributed by atoms with Gasteiger partial charge in [0.15, 0.2) is 28.6 Å². The van der Waals surface area contributed by atoms with Crippen LogP contribution in [0, 0.1) is 0 Å². The zero-order valence-electron chi connectivity index (χ0n) is 31.0. The minimum atomic E-state index is 0.522. The topological polar surface area (TPSA) is 90.7 Å². The number of benzene rings is 8. The molecule has 0 amide bonds. The average Bonchev–Trinajstić information content (AvgIpc) is 3.95. The van der Waals surface area contributed by atoms with Crippen molar-refractivity contribution in [2.45, 2.75) is 0 Å². The average molecular weight is 746 g/mol. The van der Waals surface area contributed by atoms with E-state index in [4.69, 9.17) is 33.8 Å². The first kappa shape index (κ1) is 33.3. The second-order valence-electron chi connectivity index (χ2n) is 14.1. The van der Waals surface area contributed by atoms with Crippen LogP contribution >= 0.6 is 0 Å². The zero-order chi connectivity index (χ0) is 38.4. The molecule has 58 heavy (non-hydrogen) atoms. The van der Waals surface area contributed by atoms with E-state index in [0.717, 1.165) is 83.0 Å². The summed E-state index contributed by atoms with van der Waals surface area (Å²) in [4.78, 5) is 24.6. The fourth-order valence-corrected chi connectivity index (χ4v) is 7.57. The van der Waals surface area contributed by atoms with Crippen molar-refractivity contribution in [3.8, 4) is 79.3 Å². The van der Waals surface area contributed by atoms with Crippen LogP contribution in [0.3, 0.4) is 0 Å². The van der Waals surface area contributed by atoms with E-state index in [2.05, 4.69) is 72.8 Å². The van der Waals surface area contributed by atoms with Crippen molar-refractivity contribution in [1.29, 1.82) is 0 Å². The Morgan fingerprint density at radius 2 is 0.759 bits per heavy atom. The van der Waals surface area contributed by atoms with Gasteiger partial charge in [-0.3, -0.25) is 0 Å². The Morgan fingerprint density at radius 3 is 1.31 bits per heavy atom. The number of aromatic nitrogens is 5. The van der Waals surface area contributed by atoms with Gasteiger partial charge in [-0.05, 0) is 75.5 Å². The molecule has 0 fully saturated rings. The Labute approximate surface area is 333 Å². The summed E-state index contributed by atoms with van der Waals surface area (Å²) in [7, 11) is 0. The number of nitrogens with zero attached hydrogens (tertiary/aromatic N) is 5. The van der Waals surface area contributed by atoms with Crippen LogP contribution in [-0.2, 0) is 0 Å². The summed E-state index contributed by atoms with van der Waals surface area (Å²) in [6.07, 6.45) is 0. The third-order valence-corrected chi connectivity index (χ3v) is 10.4. The number of hydrogen-bond acceptors (Lipinski definition) is 7. The SMILES string of the molecule is c1ccc(-c2nc(-c3ccccc3)nc(-c3ccc(-c4c(-c5cc(-c6nc7ccccc7o6)cc(-c6nc7ccccc7o6)c5)ccc5ccccc45)cc3)n2)cc1. The lowest BCUT2D eigenvalue weighted by Crippen LogP contribution is -2.00. The number of fused-ring (bicyclic) bond motifs is 3. The highest BCUT2D eigenvalue weighted by Gasteiger charge is 2.19. The van der Waals surface area contributed by atoms with E-state index in [1.165, 1.54) is 0 Å². The van der Waals surface area contributed by atoms with Crippen molar-refractivity contribution in [2.75, 3.05) is 0 Å². The Hall–Kier alpha value is -8.03. The molecule has 0 aliphatic carbocycles. The van der Waals surface area contributed by atoms with Gasteiger partial charge >= 0.3 is 0 Å². The lowest BCUT2D eigenvalue weighted by atomic mass is 9.88. The fourth-order valence-electron chi connectivity index (χ4n) is 7.57. The molecule has 8 aromatic carbocycles. The Bertz CT molecular complexity index is 3070. The maximum absolute atomic E-state index is 6.33. The highest BCUT2D eigenvalue weighted by atomic mass is 16.4. The first-order valence-corrected chi connectivity index (χ1v) is 19.1. The molecular formula is C51H31N5O2. The first-order valence-electron chi connectivity index (χ1n) is 19.1. The van der Waals surface area contributed by atoms with E-state index in [1.54, 1.807) is 0 Å². The van der Waals surface area contributed by atoms with Gasteiger partial charge in [-0.2, -0.15) is 0 Å². The van der Waals surface area contributed by atoms with Gasteiger partial charge in [-0.25, -0.2) is 24.9 Å². The van der Waals surface area contributed by atoms with Gasteiger partial charge in [0.05, 0.1) is 0 Å². The molecule has 0 unspecified atom stereocenters. The largest absolute Gasteiger partial charge is 0.436 e. The van der Waals surface area contributed by atoms with Crippen molar-refractivity contribution in [3.63, 3.8) is 0 Å². The zero-order valence-corrected chi connectivity index (χ0v) is 31.0. The minimum Gasteiger partial charge on any atom is -0.436 e. The number of rotatable bonds is 7. The summed E-state index contributed by atoms with van der Waals surface area (Å²) in [5, 5.41) is 2.26. The number of oxazole rings is 2. The molecule has 7 nitrogen and oxygen atoms in total. The van der Waals surface area contributed by atoms with Crippen molar-refractivity contribution in [2.24, 2.45) is 0 Å². The summed E-state index contributed by atoms with van der Waals surface area (Å²) in [6, 6.07) is 63.4. The predicted molar refractivity (Wildman–Crippen MR) is 231 cm³/mol. The third kappa shape index (κ3) is 6.08. The molecule has 0 radical (unpaired) electrons. The van der Waals surface area contributed by atoms with Gasteiger partial charge < -0.3 is 8.83 Å². The van der Waals surface area contributed by atoms with E-state index in [-0.39, 0.29) is 0 Å². The highest BCUT2D eigenvalue weighted by Crippen LogP contribution is 2.42. The quantitative estimate of drug-likeness (QED) is 0.160. The van der Waals surface area contributed by atoms with Gasteiger partial charge in [0.25, 0.3) is 0 Å². The molecule has 3 aromatic heterocycles. The van der Waals surface area contributed by atoms with Gasteiger partial charge in [-0.15, -0.1) is 0 Å². The molecule has 3 heterocycles. The van der Waals surface area contributed by atoms with Crippen LogP contribution in [0.15, 0.2) is 197 Å². The lowest BCUT2D eigenvalue weighted by Gasteiger charge is -2.16. The predicted octanol–water partition coefficient (Wildman–Crippen LogP) is 13.0. The first-order chi connectivity index (χ1) is 28.7. The molecule has 0 N–H and O–H groups in total. The summed E-state index contributed by atoms with van der Waals surface area (Å²) in [6.45, 7) is 0. The summed E-state index contributed by atoms with van der Waals surface area (Å²) < 4.78 is 12.7. The molecule has 11 aromatic rings. The van der Waals surface area contributed by atoms with Crippen molar-refractivity contribution < 1.29 is 8.83 Å². The van der Waals surface area contributed by atoms with E-state index in [9.17, 15) is 0 Å². The molecular weight excluding hydrogens is 715 g/mol. The van der Waals surface area contributed by atoms with Crippen LogP contribution < -0.4 is 0 Å². The molecule has 272 valence electrons. The Kier molecular flexibility index (Phi) is 8.00. The summed E-state index contributed by atoms with van der Waals surface area (Å²) in [5.41, 5.74) is 11.6. The fraction of sp³-hybridized carbons (Fsp3) is 0. The van der Waals surface area contributed by atoms with Crippen LogP contribution in [0.5, 0.6) is 0 Å². The normalized spacial score (nSPS) is 11.4. The van der Waals surface area contributed by atoms with Gasteiger partial charge in [-0.1, -0.05) is 146 Å². The second-order valence-corrected chi connectivity index (χ2v) is 14.1. The van der Waals surface area contributed by atoms with Crippen LogP contribution in [0.25, 0.3) is 112 Å². The van der Waals surface area contributed by atoms with E-state index >= 15 is 0 Å². The van der Waals surface area contributed by atoms with Crippen LogP contribution in [0.1, 0.15) is 0 Å². The molecule has 0 saturated heterocycles. The van der Waals surface area contributed by atoms with Crippen molar-refractivity contribution in [1.82, 2.24) is 24.9 Å². The Balaban J connectivity index is 1.08. The van der Waals surface area contributed by atoms with Crippen LogP contribution in [-0.4, -0.2) is 24.9 Å². The molecule has 0 spiro atoms. The maximum atomic E-state index is 6.33. The molecule has 0 bridgehead atoms. The van der Waals surface area contributed by atoms with E-state index in [1.807, 2.05) is 115 Å². The highest BCUT2D eigenvalue weighted by molar-refractivity contribution is 6.05. The van der Waals surface area contributed by atoms with E-state index in [0.29, 0.717) is 29.3 Å². The smallest absolute Gasteiger partial charge is 0.227 e. The van der Waals surface area contributed by atoms with Gasteiger partial charge in [0, 0.05) is 27.8 Å². The Morgan fingerprint density at radius 1 is 0.310 bits per heavy atom. The van der Waals surface area contributed by atoms with Crippen LogP contribution in [0.2, 0.25) is 0 Å². The lowest BCUT2D eigenvalue weighted by molar-refractivity contribution is 0.617. The molecule has 0 aliphatic heterocycles. The number of para-hydroxylation sites is 4. The molecule has 0 saturated carbocycles. The summed E-state index contributed by atoms with van der Waals surface area (Å²) >= 11 is 0. The van der Waals surface area contributed by atoms with E-state index < -0.39 is 0 Å². The summed E-state index contributed by atoms with van der Waals surface area (Å²) in [5.74, 6) is 2.90. The second kappa shape index (κ2) is 13.9. The third-order valence-electron chi connectivity index (χ3n) is 10.4. The van der Waals surface area contributed by atoms with Crippen molar-refractivity contribution in [3.05, 3.63) is 188 Å². The number of hydrogen-bond donors (Lipinski definition) is 0. The van der Waals surface area contributed by atoms with Gasteiger partial charge in [0.2, 0.25) is 11.8 Å². The van der Waals surface area contributed by atoms with Crippen LogP contribution in [0.4, 0.5) is 0 Å². The molecule has 11 rings (SSSR count). The van der Waals surface area contributed by atoms with Crippen molar-refractivity contribution >= 4 is 33.0 Å². The minimum absolute atomic E-state index is 0.522. The molecule has 0 atom stereocenters. The standard InChI is InChI=1S/C51H31N5O2/c1-3-14-34(15-4-1)47-54-48(35-16-5-2-6-17-35)56-49(55-47)36-25-23-33(24-26-36)46-40-18-8-7-13-32(40)27-28-41(46)37-29-38(50-52-42-19-9-11-21-44(42)57-50)31-39(30-37)51-53-43-20-10-12-22-45(43)58-51/h1-31H. The molecule has 7 heteroatoms. The van der Waals surface area contributed by atoms with Gasteiger partial charge in [0.1, 0.15) is 11.0 Å². The monoisotopic (exact) mass is 745 g/mol.